The second-order valence-electron chi connectivity index (χ2n) is 11.7. The van der Waals surface area contributed by atoms with E-state index in [0.717, 1.165) is 11.4 Å². The van der Waals surface area contributed by atoms with Crippen LogP contribution in [-0.2, 0) is 0 Å². The summed E-state index contributed by atoms with van der Waals surface area (Å²) in [6, 6.07) is 69.8. The SMILES string of the molecule is c1ccc([N+](c2ccccc2)(c2ccc(-c3ccc(Nc4ccc5ccccc5c4)cc3)cc2)c2ccc3ccccc3c2)cc1. The van der Waals surface area contributed by atoms with E-state index in [2.05, 4.69) is 199 Å². The summed E-state index contributed by atoms with van der Waals surface area (Å²) in [6.07, 6.45) is 0. The molecule has 0 spiro atoms. The molecular weight excluding hydrogens is 556 g/mol. The minimum atomic E-state index is 0.474. The van der Waals surface area contributed by atoms with Crippen LogP contribution in [0, 0.1) is 0 Å². The molecule has 0 saturated carbocycles. The lowest BCUT2D eigenvalue weighted by Crippen LogP contribution is -2.33. The highest BCUT2D eigenvalue weighted by Gasteiger charge is 2.39. The average molecular weight is 590 g/mol. The van der Waals surface area contributed by atoms with Crippen LogP contribution in [0.4, 0.5) is 34.1 Å². The van der Waals surface area contributed by atoms with Gasteiger partial charge in [0.2, 0.25) is 0 Å². The number of para-hydroxylation sites is 2. The van der Waals surface area contributed by atoms with E-state index in [1.165, 1.54) is 55.4 Å². The van der Waals surface area contributed by atoms with Gasteiger partial charge in [0, 0.05) is 59.9 Å². The van der Waals surface area contributed by atoms with Crippen molar-refractivity contribution < 1.29 is 0 Å². The first-order chi connectivity index (χ1) is 22.8. The van der Waals surface area contributed by atoms with E-state index in [9.17, 15) is 0 Å². The lowest BCUT2D eigenvalue weighted by molar-refractivity contribution is 0.705. The van der Waals surface area contributed by atoms with Crippen molar-refractivity contribution in [3.05, 3.63) is 194 Å². The van der Waals surface area contributed by atoms with Crippen molar-refractivity contribution in [1.82, 2.24) is 4.48 Å². The molecule has 0 amide bonds. The van der Waals surface area contributed by atoms with Crippen LogP contribution >= 0.6 is 0 Å². The number of nitrogens with one attached hydrogen (secondary N) is 1. The van der Waals surface area contributed by atoms with Crippen LogP contribution < -0.4 is 9.80 Å². The lowest BCUT2D eigenvalue weighted by Gasteiger charge is -2.37. The smallest absolute Gasteiger partial charge is 0.148 e. The third-order valence-corrected chi connectivity index (χ3v) is 8.92. The van der Waals surface area contributed by atoms with Gasteiger partial charge in [0.05, 0.1) is 0 Å². The molecule has 0 saturated heterocycles. The molecule has 0 aromatic heterocycles. The van der Waals surface area contributed by atoms with Gasteiger partial charge in [0.1, 0.15) is 22.7 Å². The molecule has 1 N–H and O–H groups in total. The Morgan fingerprint density at radius 3 is 1.28 bits per heavy atom. The fourth-order valence-corrected chi connectivity index (χ4v) is 6.64. The number of hydrogen-bond acceptors (Lipinski definition) is 1. The summed E-state index contributed by atoms with van der Waals surface area (Å²) in [4.78, 5) is 0. The van der Waals surface area contributed by atoms with Crippen molar-refractivity contribution in [3.63, 3.8) is 0 Å². The molecule has 8 aromatic carbocycles. The number of rotatable bonds is 7. The highest BCUT2D eigenvalue weighted by atomic mass is 15.4. The monoisotopic (exact) mass is 589 g/mol. The Kier molecular flexibility index (Phi) is 7.11. The van der Waals surface area contributed by atoms with Crippen molar-refractivity contribution in [2.45, 2.75) is 0 Å². The molecule has 218 valence electrons. The van der Waals surface area contributed by atoms with Gasteiger partial charge in [0.15, 0.2) is 0 Å². The third kappa shape index (κ3) is 5.01. The highest BCUT2D eigenvalue weighted by Crippen LogP contribution is 2.52. The summed E-state index contributed by atoms with van der Waals surface area (Å²) in [5.74, 6) is 0. The fourth-order valence-electron chi connectivity index (χ4n) is 6.64. The maximum absolute atomic E-state index is 3.57. The first-order valence-electron chi connectivity index (χ1n) is 15.7. The van der Waals surface area contributed by atoms with Crippen molar-refractivity contribution in [2.75, 3.05) is 5.32 Å². The Labute approximate surface area is 270 Å². The van der Waals surface area contributed by atoms with Crippen molar-refractivity contribution in [3.8, 4) is 11.1 Å². The van der Waals surface area contributed by atoms with E-state index >= 15 is 0 Å². The Balaban J connectivity index is 1.18. The number of anilines is 2. The zero-order valence-electron chi connectivity index (χ0n) is 25.4. The second-order valence-corrected chi connectivity index (χ2v) is 11.7. The molecule has 46 heavy (non-hydrogen) atoms. The predicted molar refractivity (Wildman–Crippen MR) is 197 cm³/mol. The van der Waals surface area contributed by atoms with Crippen molar-refractivity contribution in [1.29, 1.82) is 0 Å². The molecule has 0 heterocycles. The van der Waals surface area contributed by atoms with Gasteiger partial charge in [-0.15, -0.1) is 0 Å². The van der Waals surface area contributed by atoms with Gasteiger partial charge < -0.3 is 5.32 Å². The summed E-state index contributed by atoms with van der Waals surface area (Å²) < 4.78 is 0.474. The number of fused-ring (bicyclic) bond motifs is 2. The maximum Gasteiger partial charge on any atom is 0.148 e. The predicted octanol–water partition coefficient (Wildman–Crippen LogP) is 12.7. The van der Waals surface area contributed by atoms with Gasteiger partial charge in [-0.3, -0.25) is 0 Å². The molecule has 8 rings (SSSR count). The Morgan fingerprint density at radius 2 is 0.696 bits per heavy atom. The number of benzene rings is 8. The van der Waals surface area contributed by atoms with Gasteiger partial charge in [0.25, 0.3) is 0 Å². The van der Waals surface area contributed by atoms with Gasteiger partial charge in [-0.1, -0.05) is 103 Å². The van der Waals surface area contributed by atoms with Crippen LogP contribution in [0.1, 0.15) is 0 Å². The molecule has 0 aliphatic carbocycles. The Bertz CT molecular complexity index is 2220. The molecule has 2 heteroatoms. The zero-order chi connectivity index (χ0) is 30.8. The highest BCUT2D eigenvalue weighted by molar-refractivity contribution is 5.91. The number of quaternary nitrogens is 1. The minimum Gasteiger partial charge on any atom is -0.356 e. The van der Waals surface area contributed by atoms with Crippen molar-refractivity contribution in [2.24, 2.45) is 0 Å². The maximum atomic E-state index is 3.57. The van der Waals surface area contributed by atoms with Gasteiger partial charge in [-0.2, -0.15) is 4.48 Å². The van der Waals surface area contributed by atoms with Gasteiger partial charge in [-0.05, 0) is 75.1 Å². The normalized spacial score (nSPS) is 11.5. The molecule has 2 nitrogen and oxygen atoms in total. The van der Waals surface area contributed by atoms with Gasteiger partial charge in [-0.25, -0.2) is 0 Å². The van der Waals surface area contributed by atoms with Crippen LogP contribution in [0.15, 0.2) is 194 Å². The molecule has 0 aliphatic heterocycles. The molecule has 0 unspecified atom stereocenters. The van der Waals surface area contributed by atoms with Crippen LogP contribution in [-0.4, -0.2) is 0 Å². The first-order valence-corrected chi connectivity index (χ1v) is 15.7. The minimum absolute atomic E-state index is 0.474. The number of hydrogen-bond donors (Lipinski definition) is 1. The van der Waals surface area contributed by atoms with E-state index in [0.29, 0.717) is 4.48 Å². The van der Waals surface area contributed by atoms with Crippen molar-refractivity contribution >= 4 is 55.7 Å². The molecule has 0 aliphatic rings. The summed E-state index contributed by atoms with van der Waals surface area (Å²) >= 11 is 0. The van der Waals surface area contributed by atoms with Crippen LogP contribution in [0.25, 0.3) is 32.7 Å². The zero-order valence-corrected chi connectivity index (χ0v) is 25.4. The van der Waals surface area contributed by atoms with E-state index in [-0.39, 0.29) is 0 Å². The van der Waals surface area contributed by atoms with Crippen LogP contribution in [0.5, 0.6) is 0 Å². The quantitative estimate of drug-likeness (QED) is 0.182. The van der Waals surface area contributed by atoms with E-state index < -0.39 is 0 Å². The fraction of sp³-hybridized carbons (Fsp3) is 0. The summed E-state index contributed by atoms with van der Waals surface area (Å²) in [7, 11) is 0. The third-order valence-electron chi connectivity index (χ3n) is 8.92. The van der Waals surface area contributed by atoms with Gasteiger partial charge >= 0.3 is 0 Å². The molecule has 0 radical (unpaired) electrons. The molecule has 0 fully saturated rings. The molecule has 8 aromatic rings. The standard InChI is InChI=1S/C44H33N2/c1-3-15-41(16-4-1)46(42-17-5-2-6-18-42,44-30-24-34-12-8-10-14-38(34)32-44)43-28-22-36(23-29-43)35-19-25-39(26-20-35)45-40-27-21-33-11-7-9-13-37(33)31-40/h1-32,45H/q+1. The topological polar surface area (TPSA) is 12.0 Å². The first kappa shape index (κ1) is 27.6. The van der Waals surface area contributed by atoms with Crippen LogP contribution in [0.2, 0.25) is 0 Å². The average Bonchev–Trinajstić information content (AvgIpc) is 3.13. The second kappa shape index (κ2) is 11.9. The Hall–Kier alpha value is -5.96. The summed E-state index contributed by atoms with van der Waals surface area (Å²) in [5, 5.41) is 8.50. The van der Waals surface area contributed by atoms with E-state index in [4.69, 9.17) is 0 Å². The largest absolute Gasteiger partial charge is 0.356 e. The van der Waals surface area contributed by atoms with E-state index in [1.807, 2.05) is 0 Å². The summed E-state index contributed by atoms with van der Waals surface area (Å²) in [6.45, 7) is 0. The number of nitrogens with zero attached hydrogens (tertiary/aromatic N) is 1. The molecule has 0 bridgehead atoms. The van der Waals surface area contributed by atoms with E-state index in [1.54, 1.807) is 0 Å². The lowest BCUT2D eigenvalue weighted by atomic mass is 10.0. The van der Waals surface area contributed by atoms with Crippen LogP contribution in [0.3, 0.4) is 0 Å². The summed E-state index contributed by atoms with van der Waals surface area (Å²) in [5.41, 5.74) is 9.23. The molecular formula is C44H33N2+. The molecule has 0 atom stereocenters. The Morgan fingerprint density at radius 1 is 0.283 bits per heavy atom.